The van der Waals surface area contributed by atoms with Gasteiger partial charge in [0.25, 0.3) is 0 Å². The summed E-state index contributed by atoms with van der Waals surface area (Å²) in [6, 6.07) is 0. The van der Waals surface area contributed by atoms with E-state index in [0.717, 1.165) is 16.7 Å². The first-order valence-electron chi connectivity index (χ1n) is 4.01. The van der Waals surface area contributed by atoms with Gasteiger partial charge in [0.05, 0.1) is 11.9 Å². The summed E-state index contributed by atoms with van der Waals surface area (Å²) < 4.78 is 1.78. The molecule has 0 amide bonds. The van der Waals surface area contributed by atoms with Crippen LogP contribution in [-0.4, -0.2) is 19.7 Å². The Kier molecular flexibility index (Phi) is 1.62. The van der Waals surface area contributed by atoms with Crippen molar-refractivity contribution in [2.75, 3.05) is 0 Å². The van der Waals surface area contributed by atoms with Gasteiger partial charge in [0, 0.05) is 7.05 Å². The summed E-state index contributed by atoms with van der Waals surface area (Å²) in [6.07, 6.45) is 3.37. The lowest BCUT2D eigenvalue weighted by atomic mass is 10.3. The Morgan fingerprint density at radius 3 is 2.92 bits per heavy atom. The highest BCUT2D eigenvalue weighted by Crippen LogP contribution is 2.13. The summed E-state index contributed by atoms with van der Waals surface area (Å²) >= 11 is 0. The summed E-state index contributed by atoms with van der Waals surface area (Å²) in [4.78, 5) is 8.53. The molecule has 2 rings (SSSR count). The minimum absolute atomic E-state index is 0.651. The quantitative estimate of drug-likeness (QED) is 0.654. The van der Waals surface area contributed by atoms with Gasteiger partial charge in [-0.2, -0.15) is 5.10 Å². The summed E-state index contributed by atoms with van der Waals surface area (Å²) in [6.45, 7) is 5.58. The van der Waals surface area contributed by atoms with Gasteiger partial charge in [-0.05, 0) is 13.0 Å². The molecule has 0 aromatic carbocycles. The average Bonchev–Trinajstić information content (AvgIpc) is 2.48. The number of aromatic nitrogens is 4. The second-order valence-corrected chi connectivity index (χ2v) is 2.87. The first-order valence-corrected chi connectivity index (χ1v) is 4.01. The van der Waals surface area contributed by atoms with Crippen molar-refractivity contribution in [1.82, 2.24) is 19.7 Å². The molecule has 0 spiro atoms. The van der Waals surface area contributed by atoms with Crippen LogP contribution in [0.1, 0.15) is 11.5 Å². The number of nitrogens with zero attached hydrogens (tertiary/aromatic N) is 4. The number of hydrogen-bond donors (Lipinski definition) is 0. The zero-order valence-electron chi connectivity index (χ0n) is 7.65. The number of aryl methyl sites for hydroxylation is 2. The normalized spacial score (nSPS) is 10.6. The molecule has 0 saturated carbocycles. The van der Waals surface area contributed by atoms with Crippen LogP contribution >= 0.6 is 0 Å². The fourth-order valence-electron chi connectivity index (χ4n) is 1.39. The van der Waals surface area contributed by atoms with E-state index >= 15 is 0 Å². The number of hydrogen-bond acceptors (Lipinski definition) is 3. The van der Waals surface area contributed by atoms with E-state index in [-0.39, 0.29) is 0 Å². The van der Waals surface area contributed by atoms with E-state index in [1.54, 1.807) is 17.0 Å². The molecule has 2 aromatic heterocycles. The molecule has 2 heterocycles. The van der Waals surface area contributed by atoms with Gasteiger partial charge in [-0.3, -0.25) is 4.68 Å². The van der Waals surface area contributed by atoms with Crippen molar-refractivity contribution in [2.45, 2.75) is 6.92 Å². The van der Waals surface area contributed by atoms with Gasteiger partial charge in [-0.25, -0.2) is 9.97 Å². The van der Waals surface area contributed by atoms with Gasteiger partial charge >= 0.3 is 0 Å². The maximum absolute atomic E-state index is 4.26. The summed E-state index contributed by atoms with van der Waals surface area (Å²) in [5.74, 6) is 0.651. The van der Waals surface area contributed by atoms with Crippen LogP contribution < -0.4 is 0 Å². The van der Waals surface area contributed by atoms with Crippen molar-refractivity contribution in [3.63, 3.8) is 0 Å². The fourth-order valence-corrected chi connectivity index (χ4v) is 1.39. The highest BCUT2D eigenvalue weighted by molar-refractivity contribution is 5.76. The molecule has 0 aliphatic heterocycles. The number of rotatable bonds is 1. The maximum Gasteiger partial charge on any atom is 0.152 e. The standard InChI is InChI=1S/C9H10N4/c1-4-8-11-6(2)9-7(12-8)5-10-13(9)3/h4-5H,1H2,2-3H3. The molecule has 0 bridgehead atoms. The van der Waals surface area contributed by atoms with E-state index in [0.29, 0.717) is 5.82 Å². The van der Waals surface area contributed by atoms with Crippen LogP contribution in [0, 0.1) is 6.92 Å². The van der Waals surface area contributed by atoms with Crippen molar-refractivity contribution in [3.8, 4) is 0 Å². The topological polar surface area (TPSA) is 43.6 Å². The number of fused-ring (bicyclic) bond motifs is 1. The Balaban J connectivity index is 2.86. The van der Waals surface area contributed by atoms with Crippen LogP contribution in [0.3, 0.4) is 0 Å². The Morgan fingerprint density at radius 2 is 2.23 bits per heavy atom. The maximum atomic E-state index is 4.26. The van der Waals surface area contributed by atoms with Crippen molar-refractivity contribution >= 4 is 17.1 Å². The van der Waals surface area contributed by atoms with Crippen LogP contribution in [0.5, 0.6) is 0 Å². The van der Waals surface area contributed by atoms with Gasteiger partial charge in [0.2, 0.25) is 0 Å². The van der Waals surface area contributed by atoms with E-state index in [9.17, 15) is 0 Å². The third-order valence-corrected chi connectivity index (χ3v) is 1.96. The zero-order chi connectivity index (χ0) is 9.42. The van der Waals surface area contributed by atoms with E-state index in [1.807, 2.05) is 14.0 Å². The molecule has 0 N–H and O–H groups in total. The van der Waals surface area contributed by atoms with Crippen LogP contribution in [-0.2, 0) is 7.05 Å². The van der Waals surface area contributed by atoms with Crippen molar-refractivity contribution < 1.29 is 0 Å². The molecule has 4 nitrogen and oxygen atoms in total. The van der Waals surface area contributed by atoms with E-state index in [1.165, 1.54) is 0 Å². The average molecular weight is 174 g/mol. The highest BCUT2D eigenvalue weighted by atomic mass is 15.3. The molecule has 0 aliphatic rings. The molecule has 0 atom stereocenters. The third-order valence-electron chi connectivity index (χ3n) is 1.96. The Labute approximate surface area is 75.9 Å². The molecule has 66 valence electrons. The van der Waals surface area contributed by atoms with Gasteiger partial charge in [-0.15, -0.1) is 0 Å². The molecule has 2 aromatic rings. The monoisotopic (exact) mass is 174 g/mol. The van der Waals surface area contributed by atoms with Gasteiger partial charge in [-0.1, -0.05) is 6.58 Å². The molecular weight excluding hydrogens is 164 g/mol. The summed E-state index contributed by atoms with van der Waals surface area (Å²) in [5, 5.41) is 4.11. The van der Waals surface area contributed by atoms with Crippen molar-refractivity contribution in [2.24, 2.45) is 7.05 Å². The molecular formula is C9H10N4. The predicted octanol–water partition coefficient (Wildman–Crippen LogP) is 1.31. The van der Waals surface area contributed by atoms with E-state index in [4.69, 9.17) is 0 Å². The second-order valence-electron chi connectivity index (χ2n) is 2.87. The lowest BCUT2D eigenvalue weighted by molar-refractivity contribution is 0.791. The van der Waals surface area contributed by atoms with Crippen LogP contribution in [0.25, 0.3) is 17.1 Å². The Bertz CT molecular complexity index is 470. The third kappa shape index (κ3) is 1.11. The Hall–Kier alpha value is -1.71. The van der Waals surface area contributed by atoms with Crippen LogP contribution in [0.2, 0.25) is 0 Å². The summed E-state index contributed by atoms with van der Waals surface area (Å²) in [7, 11) is 1.88. The zero-order valence-corrected chi connectivity index (χ0v) is 7.65. The first kappa shape index (κ1) is 7.91. The fraction of sp³-hybridized carbons (Fsp3) is 0.222. The van der Waals surface area contributed by atoms with Crippen LogP contribution in [0.4, 0.5) is 0 Å². The minimum atomic E-state index is 0.651. The SMILES string of the molecule is C=Cc1nc(C)c2c(cnn2C)n1. The molecule has 0 fully saturated rings. The molecule has 13 heavy (non-hydrogen) atoms. The van der Waals surface area contributed by atoms with Gasteiger partial charge < -0.3 is 0 Å². The summed E-state index contributed by atoms with van der Waals surface area (Å²) in [5.41, 5.74) is 2.77. The lowest BCUT2D eigenvalue weighted by Gasteiger charge is -1.99. The molecule has 0 unspecified atom stereocenters. The van der Waals surface area contributed by atoms with Crippen LogP contribution in [0.15, 0.2) is 12.8 Å². The van der Waals surface area contributed by atoms with Crippen molar-refractivity contribution in [1.29, 1.82) is 0 Å². The highest BCUT2D eigenvalue weighted by Gasteiger charge is 2.05. The van der Waals surface area contributed by atoms with Gasteiger partial charge in [0.1, 0.15) is 11.0 Å². The molecule has 0 aliphatic carbocycles. The second kappa shape index (κ2) is 2.65. The smallest absolute Gasteiger partial charge is 0.152 e. The van der Waals surface area contributed by atoms with E-state index < -0.39 is 0 Å². The minimum Gasteiger partial charge on any atom is -0.264 e. The lowest BCUT2D eigenvalue weighted by Crippen LogP contribution is -1.96. The molecule has 0 radical (unpaired) electrons. The largest absolute Gasteiger partial charge is 0.264 e. The predicted molar refractivity (Wildman–Crippen MR) is 51.1 cm³/mol. The first-order chi connectivity index (χ1) is 6.22. The van der Waals surface area contributed by atoms with Crippen molar-refractivity contribution in [3.05, 3.63) is 24.3 Å². The van der Waals surface area contributed by atoms with Gasteiger partial charge in [0.15, 0.2) is 5.82 Å². The van der Waals surface area contributed by atoms with E-state index in [2.05, 4.69) is 21.6 Å². The molecule has 0 saturated heterocycles. The molecule has 4 heteroatoms. The Morgan fingerprint density at radius 1 is 1.46 bits per heavy atom.